The second-order valence-corrected chi connectivity index (χ2v) is 8.57. The number of aryl methyl sites for hydroxylation is 1. The lowest BCUT2D eigenvalue weighted by atomic mass is 9.85. The second-order valence-electron chi connectivity index (χ2n) is 8.57. The maximum Gasteiger partial charge on any atom is 0.243 e. The van der Waals surface area contributed by atoms with Crippen LogP contribution in [0.4, 0.5) is 11.8 Å². The summed E-state index contributed by atoms with van der Waals surface area (Å²) in [6.45, 7) is 2.36. The molecule has 0 fully saturated rings. The van der Waals surface area contributed by atoms with Gasteiger partial charge in [0.05, 0.1) is 17.1 Å². The van der Waals surface area contributed by atoms with Crippen LogP contribution in [0.3, 0.4) is 0 Å². The van der Waals surface area contributed by atoms with Crippen molar-refractivity contribution in [2.45, 2.75) is 25.8 Å². The molecular weight excluding hydrogens is 416 g/mol. The molecule has 1 amide bonds. The molecule has 0 bridgehead atoms. The van der Waals surface area contributed by atoms with E-state index in [0.717, 1.165) is 40.2 Å². The van der Waals surface area contributed by atoms with E-state index in [1.54, 1.807) is 35.9 Å². The Morgan fingerprint density at radius 3 is 2.73 bits per heavy atom. The van der Waals surface area contributed by atoms with Crippen LogP contribution in [0.15, 0.2) is 48.8 Å². The highest BCUT2D eigenvalue weighted by molar-refractivity contribution is 5.84. The normalized spacial score (nSPS) is 14.5. The number of carbonyl (C=O) groups is 1. The Bertz CT molecular complexity index is 1320. The molecule has 0 spiro atoms. The first-order valence-corrected chi connectivity index (χ1v) is 10.9. The Balaban J connectivity index is 1.50. The Hall–Kier alpha value is -4.01. The highest BCUT2D eigenvalue weighted by atomic mass is 16.2. The molecule has 1 aliphatic rings. The number of benzene rings is 1. The average Bonchev–Trinajstić information content (AvgIpc) is 3.37. The summed E-state index contributed by atoms with van der Waals surface area (Å²) in [5.74, 6) is 1.29. The van der Waals surface area contributed by atoms with Crippen LogP contribution in [0, 0.1) is 0 Å². The number of hydrogen-bond acceptors (Lipinski definition) is 6. The van der Waals surface area contributed by atoms with Crippen LogP contribution in [0.5, 0.6) is 0 Å². The Morgan fingerprint density at radius 2 is 1.97 bits per heavy atom. The molecule has 1 N–H and O–H groups in total. The predicted molar refractivity (Wildman–Crippen MR) is 126 cm³/mol. The van der Waals surface area contributed by atoms with Crippen LogP contribution < -0.4 is 5.32 Å². The number of amides is 1. The van der Waals surface area contributed by atoms with Gasteiger partial charge in [0.2, 0.25) is 11.9 Å². The SMILES string of the molecule is CC1Cc2nn(C)c(-c3ccccc3)c2-c2nc(Nc3ccn(CC(=O)N(C)C)n3)ncc21. The maximum absolute atomic E-state index is 12.0. The third-order valence-electron chi connectivity index (χ3n) is 5.93. The molecule has 9 heteroatoms. The van der Waals surface area contributed by atoms with E-state index in [2.05, 4.69) is 34.5 Å². The van der Waals surface area contributed by atoms with Gasteiger partial charge >= 0.3 is 0 Å². The summed E-state index contributed by atoms with van der Waals surface area (Å²) in [6.07, 6.45) is 4.51. The molecule has 0 saturated heterocycles. The van der Waals surface area contributed by atoms with Gasteiger partial charge in [-0.2, -0.15) is 10.2 Å². The van der Waals surface area contributed by atoms with Crippen molar-refractivity contribution in [3.8, 4) is 22.5 Å². The molecule has 0 saturated carbocycles. The van der Waals surface area contributed by atoms with Crippen molar-refractivity contribution in [1.29, 1.82) is 0 Å². The van der Waals surface area contributed by atoms with Gasteiger partial charge in [-0.1, -0.05) is 37.3 Å². The van der Waals surface area contributed by atoms with Gasteiger partial charge in [-0.05, 0) is 12.3 Å². The molecule has 1 aliphatic carbocycles. The number of anilines is 2. The van der Waals surface area contributed by atoms with Crippen molar-refractivity contribution in [2.75, 3.05) is 19.4 Å². The lowest BCUT2D eigenvalue weighted by molar-refractivity contribution is -0.129. The average molecular weight is 443 g/mol. The van der Waals surface area contributed by atoms with E-state index in [1.165, 1.54) is 0 Å². The molecule has 9 nitrogen and oxygen atoms in total. The van der Waals surface area contributed by atoms with Crippen LogP contribution in [0.25, 0.3) is 22.5 Å². The van der Waals surface area contributed by atoms with Crippen LogP contribution in [0.1, 0.15) is 24.1 Å². The van der Waals surface area contributed by atoms with E-state index in [-0.39, 0.29) is 18.4 Å². The smallest absolute Gasteiger partial charge is 0.243 e. The van der Waals surface area contributed by atoms with Crippen LogP contribution in [-0.4, -0.2) is 54.4 Å². The number of rotatable bonds is 5. The van der Waals surface area contributed by atoms with Crippen molar-refractivity contribution in [3.05, 3.63) is 60.0 Å². The molecule has 168 valence electrons. The quantitative estimate of drug-likeness (QED) is 0.510. The summed E-state index contributed by atoms with van der Waals surface area (Å²) < 4.78 is 3.54. The summed E-state index contributed by atoms with van der Waals surface area (Å²) >= 11 is 0. The largest absolute Gasteiger partial charge is 0.347 e. The maximum atomic E-state index is 12.0. The second kappa shape index (κ2) is 8.16. The van der Waals surface area contributed by atoms with E-state index in [9.17, 15) is 4.79 Å². The zero-order valence-electron chi connectivity index (χ0n) is 19.1. The molecule has 3 aromatic heterocycles. The molecule has 1 unspecified atom stereocenters. The number of hydrogen-bond donors (Lipinski definition) is 1. The van der Waals surface area contributed by atoms with Gasteiger partial charge in [-0.25, -0.2) is 9.97 Å². The van der Waals surface area contributed by atoms with Crippen molar-refractivity contribution < 1.29 is 4.79 Å². The molecule has 33 heavy (non-hydrogen) atoms. The minimum absolute atomic E-state index is 0.0267. The standard InChI is InChI=1S/C24H26N8O/c1-15-12-18-21(23(31(4)28-18)16-8-6-5-7-9-16)22-17(15)13-25-24(27-22)26-19-10-11-32(29-19)14-20(33)30(2)3/h5-11,13,15H,12,14H2,1-4H3,(H,25,26,27,29). The van der Waals surface area contributed by atoms with E-state index in [0.29, 0.717) is 11.8 Å². The first kappa shape index (κ1) is 20.9. The minimum Gasteiger partial charge on any atom is -0.347 e. The van der Waals surface area contributed by atoms with Gasteiger partial charge in [-0.3, -0.25) is 14.2 Å². The number of carbonyl (C=O) groups excluding carboxylic acids is 1. The fourth-order valence-electron chi connectivity index (χ4n) is 4.22. The molecule has 0 radical (unpaired) electrons. The zero-order valence-corrected chi connectivity index (χ0v) is 19.1. The van der Waals surface area contributed by atoms with Gasteiger partial charge in [0.15, 0.2) is 5.82 Å². The van der Waals surface area contributed by atoms with Gasteiger partial charge in [0.25, 0.3) is 0 Å². The fraction of sp³-hybridized carbons (Fsp3) is 0.292. The van der Waals surface area contributed by atoms with E-state index in [1.807, 2.05) is 36.1 Å². The van der Waals surface area contributed by atoms with Crippen LogP contribution >= 0.6 is 0 Å². The summed E-state index contributed by atoms with van der Waals surface area (Å²) in [7, 11) is 5.43. The highest BCUT2D eigenvalue weighted by Gasteiger charge is 2.30. The van der Waals surface area contributed by atoms with Crippen molar-refractivity contribution in [1.82, 2.24) is 34.4 Å². The number of nitrogens with one attached hydrogen (secondary N) is 1. The van der Waals surface area contributed by atoms with Gasteiger partial charge in [0, 0.05) is 56.3 Å². The summed E-state index contributed by atoms with van der Waals surface area (Å²) in [5, 5.41) is 12.4. The lowest BCUT2D eigenvalue weighted by Crippen LogP contribution is -2.26. The Kier molecular flexibility index (Phi) is 5.16. The van der Waals surface area contributed by atoms with E-state index >= 15 is 0 Å². The Labute approximate surface area is 192 Å². The minimum atomic E-state index is -0.0267. The van der Waals surface area contributed by atoms with Crippen molar-refractivity contribution in [2.24, 2.45) is 7.05 Å². The monoisotopic (exact) mass is 442 g/mol. The lowest BCUT2D eigenvalue weighted by Gasteiger charge is -2.22. The summed E-state index contributed by atoms with van der Waals surface area (Å²) in [6, 6.07) is 12.1. The van der Waals surface area contributed by atoms with Crippen LogP contribution in [-0.2, 0) is 24.8 Å². The van der Waals surface area contributed by atoms with E-state index < -0.39 is 0 Å². The summed E-state index contributed by atoms with van der Waals surface area (Å²) in [4.78, 5) is 22.9. The first-order valence-electron chi connectivity index (χ1n) is 10.9. The van der Waals surface area contributed by atoms with Crippen molar-refractivity contribution >= 4 is 17.7 Å². The first-order chi connectivity index (χ1) is 15.9. The number of nitrogens with zero attached hydrogens (tertiary/aromatic N) is 7. The fourth-order valence-corrected chi connectivity index (χ4v) is 4.22. The number of fused-ring (bicyclic) bond motifs is 3. The number of likely N-dealkylation sites (N-methyl/N-ethyl adjacent to an activating group) is 1. The molecule has 1 atom stereocenters. The van der Waals surface area contributed by atoms with Gasteiger partial charge < -0.3 is 10.2 Å². The van der Waals surface area contributed by atoms with Gasteiger partial charge in [0.1, 0.15) is 6.54 Å². The third kappa shape index (κ3) is 3.86. The highest BCUT2D eigenvalue weighted by Crippen LogP contribution is 2.43. The third-order valence-corrected chi connectivity index (χ3v) is 5.93. The Morgan fingerprint density at radius 1 is 1.18 bits per heavy atom. The molecule has 3 heterocycles. The molecule has 1 aromatic carbocycles. The predicted octanol–water partition coefficient (Wildman–Crippen LogP) is 3.23. The number of aromatic nitrogens is 6. The van der Waals surface area contributed by atoms with Gasteiger partial charge in [-0.15, -0.1) is 0 Å². The molecular formula is C24H26N8O. The molecule has 4 aromatic rings. The summed E-state index contributed by atoms with van der Waals surface area (Å²) in [5.41, 5.74) is 6.27. The topological polar surface area (TPSA) is 93.8 Å². The van der Waals surface area contributed by atoms with E-state index in [4.69, 9.17) is 10.1 Å². The molecule has 5 rings (SSSR count). The van der Waals surface area contributed by atoms with Crippen molar-refractivity contribution in [3.63, 3.8) is 0 Å². The zero-order chi connectivity index (χ0) is 23.1. The van der Waals surface area contributed by atoms with Crippen LogP contribution in [0.2, 0.25) is 0 Å². The molecule has 0 aliphatic heterocycles.